The Labute approximate surface area is 83.0 Å². The molecule has 0 spiro atoms. The van der Waals surface area contributed by atoms with Crippen LogP contribution in [0.2, 0.25) is 0 Å². The molecule has 0 aromatic carbocycles. The molecule has 74 valence electrons. The van der Waals surface area contributed by atoms with Gasteiger partial charge in [-0.2, -0.15) is 0 Å². The van der Waals surface area contributed by atoms with Gasteiger partial charge in [0.15, 0.2) is 0 Å². The summed E-state index contributed by atoms with van der Waals surface area (Å²) < 4.78 is 11.8. The lowest BCUT2D eigenvalue weighted by Gasteiger charge is -2.02. The Morgan fingerprint density at radius 1 is 1.54 bits per heavy atom. The Hall–Kier alpha value is -0.410. The predicted molar refractivity (Wildman–Crippen MR) is 56.0 cm³/mol. The average Bonchev–Trinajstić information content (AvgIpc) is 2.60. The second-order valence-corrected chi connectivity index (χ2v) is 3.94. The molecule has 0 bridgehead atoms. The molecule has 1 aromatic rings. The zero-order valence-electron chi connectivity index (χ0n) is 7.98. The van der Waals surface area contributed by atoms with Crippen molar-refractivity contribution in [2.75, 3.05) is 13.2 Å². The van der Waals surface area contributed by atoms with E-state index in [0.29, 0.717) is 6.42 Å². The summed E-state index contributed by atoms with van der Waals surface area (Å²) in [7, 11) is 0. The van der Waals surface area contributed by atoms with Gasteiger partial charge in [-0.05, 0) is 36.4 Å². The van der Waals surface area contributed by atoms with E-state index in [1.807, 2.05) is 0 Å². The molecule has 0 atom stereocenters. The first kappa shape index (κ1) is 10.7. The highest BCUT2D eigenvalue weighted by atomic mass is 32.1. The number of hydrogen-bond acceptors (Lipinski definition) is 2. The molecule has 0 aliphatic carbocycles. The standard InChI is InChI=1S/C10H16FNS/c1-2-9-4-7-13-10(9)8-12-6-3-5-11/h4,7,12H,2-3,5-6,8H2,1H3. The van der Waals surface area contributed by atoms with Crippen LogP contribution in [0.4, 0.5) is 4.39 Å². The molecule has 1 aromatic heterocycles. The summed E-state index contributed by atoms with van der Waals surface area (Å²) >= 11 is 1.78. The van der Waals surface area contributed by atoms with Crippen molar-refractivity contribution in [2.45, 2.75) is 26.3 Å². The number of nitrogens with one attached hydrogen (secondary N) is 1. The first-order chi connectivity index (χ1) is 6.38. The van der Waals surface area contributed by atoms with E-state index in [2.05, 4.69) is 23.7 Å². The minimum Gasteiger partial charge on any atom is -0.312 e. The number of rotatable bonds is 6. The molecule has 1 N–H and O–H groups in total. The van der Waals surface area contributed by atoms with Gasteiger partial charge in [-0.3, -0.25) is 4.39 Å². The van der Waals surface area contributed by atoms with Gasteiger partial charge >= 0.3 is 0 Å². The summed E-state index contributed by atoms with van der Waals surface area (Å²) in [5, 5.41) is 5.35. The highest BCUT2D eigenvalue weighted by Crippen LogP contribution is 2.16. The number of thiophene rings is 1. The summed E-state index contributed by atoms with van der Waals surface area (Å²) in [4.78, 5) is 1.39. The molecule has 0 saturated carbocycles. The van der Waals surface area contributed by atoms with Gasteiger partial charge < -0.3 is 5.32 Å². The van der Waals surface area contributed by atoms with Crippen LogP contribution in [0.3, 0.4) is 0 Å². The van der Waals surface area contributed by atoms with Crippen molar-refractivity contribution >= 4 is 11.3 Å². The Bertz CT molecular complexity index is 235. The van der Waals surface area contributed by atoms with Crippen molar-refractivity contribution in [3.8, 4) is 0 Å². The first-order valence-corrected chi connectivity index (χ1v) is 5.58. The van der Waals surface area contributed by atoms with Crippen LogP contribution >= 0.6 is 11.3 Å². The van der Waals surface area contributed by atoms with Gasteiger partial charge in [0.2, 0.25) is 0 Å². The van der Waals surface area contributed by atoms with Gasteiger partial charge in [0, 0.05) is 11.4 Å². The third kappa shape index (κ3) is 3.44. The monoisotopic (exact) mass is 201 g/mol. The molecule has 0 radical (unpaired) electrons. The highest BCUT2D eigenvalue weighted by Gasteiger charge is 2.00. The smallest absolute Gasteiger partial charge is 0.0906 e. The fraction of sp³-hybridized carbons (Fsp3) is 0.600. The van der Waals surface area contributed by atoms with Gasteiger partial charge in [-0.15, -0.1) is 11.3 Å². The van der Waals surface area contributed by atoms with Crippen LogP contribution in [0.5, 0.6) is 0 Å². The van der Waals surface area contributed by atoms with Crippen molar-refractivity contribution in [2.24, 2.45) is 0 Å². The van der Waals surface area contributed by atoms with Crippen LogP contribution in [0.25, 0.3) is 0 Å². The van der Waals surface area contributed by atoms with Crippen LogP contribution in [-0.2, 0) is 13.0 Å². The molecule has 1 heterocycles. The molecule has 0 unspecified atom stereocenters. The maximum absolute atomic E-state index is 11.8. The molecular weight excluding hydrogens is 185 g/mol. The summed E-state index contributed by atoms with van der Waals surface area (Å²) in [6, 6.07) is 2.16. The number of halogens is 1. The Kier molecular flexibility index (Phi) is 5.01. The molecule has 0 aliphatic heterocycles. The second kappa shape index (κ2) is 6.11. The van der Waals surface area contributed by atoms with Crippen molar-refractivity contribution < 1.29 is 4.39 Å². The molecule has 3 heteroatoms. The van der Waals surface area contributed by atoms with E-state index in [1.165, 1.54) is 10.4 Å². The second-order valence-electron chi connectivity index (χ2n) is 2.94. The van der Waals surface area contributed by atoms with E-state index in [0.717, 1.165) is 19.5 Å². The fourth-order valence-corrected chi connectivity index (χ4v) is 2.18. The van der Waals surface area contributed by atoms with Crippen molar-refractivity contribution in [3.63, 3.8) is 0 Å². The topological polar surface area (TPSA) is 12.0 Å². The zero-order chi connectivity index (χ0) is 9.52. The van der Waals surface area contributed by atoms with E-state index in [-0.39, 0.29) is 6.67 Å². The maximum Gasteiger partial charge on any atom is 0.0906 e. The summed E-state index contributed by atoms with van der Waals surface area (Å²) in [6.07, 6.45) is 1.70. The average molecular weight is 201 g/mol. The van der Waals surface area contributed by atoms with Crippen molar-refractivity contribution in [1.29, 1.82) is 0 Å². The lowest BCUT2D eigenvalue weighted by molar-refractivity contribution is 0.459. The molecule has 0 amide bonds. The van der Waals surface area contributed by atoms with Gasteiger partial charge in [0.05, 0.1) is 6.67 Å². The Morgan fingerprint density at radius 3 is 3.08 bits per heavy atom. The van der Waals surface area contributed by atoms with Crippen LogP contribution in [0.1, 0.15) is 23.8 Å². The Morgan fingerprint density at radius 2 is 2.38 bits per heavy atom. The first-order valence-electron chi connectivity index (χ1n) is 4.70. The molecule has 1 nitrogen and oxygen atoms in total. The molecule has 13 heavy (non-hydrogen) atoms. The lowest BCUT2D eigenvalue weighted by Crippen LogP contribution is -2.15. The molecule has 0 fully saturated rings. The van der Waals surface area contributed by atoms with Crippen LogP contribution in [-0.4, -0.2) is 13.2 Å². The largest absolute Gasteiger partial charge is 0.312 e. The molecule has 0 aliphatic rings. The van der Waals surface area contributed by atoms with E-state index < -0.39 is 0 Å². The maximum atomic E-state index is 11.8. The third-order valence-electron chi connectivity index (χ3n) is 1.99. The normalized spacial score (nSPS) is 10.6. The minimum absolute atomic E-state index is 0.224. The van der Waals surface area contributed by atoms with Crippen LogP contribution < -0.4 is 5.32 Å². The highest BCUT2D eigenvalue weighted by molar-refractivity contribution is 7.10. The van der Waals surface area contributed by atoms with E-state index in [4.69, 9.17) is 0 Å². The lowest BCUT2D eigenvalue weighted by atomic mass is 10.2. The molecule has 0 saturated heterocycles. The van der Waals surface area contributed by atoms with Crippen molar-refractivity contribution in [1.82, 2.24) is 5.32 Å². The number of hydrogen-bond donors (Lipinski definition) is 1. The number of alkyl halides is 1. The minimum atomic E-state index is -0.224. The van der Waals surface area contributed by atoms with E-state index in [1.54, 1.807) is 11.3 Å². The summed E-state index contributed by atoms with van der Waals surface area (Å²) in [5.41, 5.74) is 1.41. The summed E-state index contributed by atoms with van der Waals surface area (Å²) in [6.45, 7) is 3.60. The van der Waals surface area contributed by atoms with E-state index >= 15 is 0 Å². The van der Waals surface area contributed by atoms with Crippen LogP contribution in [0, 0.1) is 0 Å². The van der Waals surface area contributed by atoms with Gasteiger partial charge in [0.1, 0.15) is 0 Å². The Balaban J connectivity index is 2.27. The quantitative estimate of drug-likeness (QED) is 0.698. The van der Waals surface area contributed by atoms with Crippen LogP contribution in [0.15, 0.2) is 11.4 Å². The van der Waals surface area contributed by atoms with Gasteiger partial charge in [-0.25, -0.2) is 0 Å². The van der Waals surface area contributed by atoms with E-state index in [9.17, 15) is 4.39 Å². The summed E-state index contributed by atoms with van der Waals surface area (Å²) in [5.74, 6) is 0. The van der Waals surface area contributed by atoms with Gasteiger partial charge in [0.25, 0.3) is 0 Å². The van der Waals surface area contributed by atoms with Gasteiger partial charge in [-0.1, -0.05) is 6.92 Å². The third-order valence-corrected chi connectivity index (χ3v) is 2.95. The van der Waals surface area contributed by atoms with Crippen molar-refractivity contribution in [3.05, 3.63) is 21.9 Å². The molecular formula is C10H16FNS. The fourth-order valence-electron chi connectivity index (χ4n) is 1.23. The molecule has 1 rings (SSSR count). The predicted octanol–water partition coefficient (Wildman–Crippen LogP) is 2.76. The zero-order valence-corrected chi connectivity index (χ0v) is 8.79. The number of aryl methyl sites for hydroxylation is 1. The SMILES string of the molecule is CCc1ccsc1CNCCCF.